The van der Waals surface area contributed by atoms with Gasteiger partial charge in [-0.15, -0.1) is 11.6 Å². The van der Waals surface area contributed by atoms with Gasteiger partial charge in [0.05, 0.1) is 7.11 Å². The van der Waals surface area contributed by atoms with Gasteiger partial charge >= 0.3 is 0 Å². The quantitative estimate of drug-likeness (QED) is 0.688. The van der Waals surface area contributed by atoms with Crippen molar-refractivity contribution >= 4 is 11.6 Å². The highest BCUT2D eigenvalue weighted by atomic mass is 35.5. The maximum Gasteiger partial charge on any atom is 0.118 e. The molecule has 0 aromatic heterocycles. The molecule has 0 N–H and O–H groups in total. The van der Waals surface area contributed by atoms with E-state index in [-0.39, 0.29) is 5.38 Å². The van der Waals surface area contributed by atoms with Gasteiger partial charge in [-0.05, 0) is 42.9 Å². The molecule has 0 spiro atoms. The van der Waals surface area contributed by atoms with Crippen molar-refractivity contribution in [3.8, 4) is 5.75 Å². The highest BCUT2D eigenvalue weighted by Gasteiger charge is 2.20. The maximum atomic E-state index is 6.66. The molecule has 1 fully saturated rings. The molecule has 1 nitrogen and oxygen atoms in total. The van der Waals surface area contributed by atoms with E-state index in [2.05, 4.69) is 12.1 Å². The minimum absolute atomic E-state index is 0.284. The Morgan fingerprint density at radius 2 is 1.63 bits per heavy atom. The summed E-state index contributed by atoms with van der Waals surface area (Å²) in [6.45, 7) is 0. The first-order valence-corrected chi connectivity index (χ1v) is 8.00. The van der Waals surface area contributed by atoms with E-state index in [4.69, 9.17) is 16.3 Å². The molecule has 1 aromatic rings. The average molecular weight is 281 g/mol. The number of methoxy groups -OCH3 is 1. The molecule has 2 rings (SSSR count). The monoisotopic (exact) mass is 280 g/mol. The molecule has 1 unspecified atom stereocenters. The van der Waals surface area contributed by atoms with E-state index < -0.39 is 0 Å². The third kappa shape index (κ3) is 4.72. The number of rotatable bonds is 4. The van der Waals surface area contributed by atoms with E-state index in [9.17, 15) is 0 Å². The van der Waals surface area contributed by atoms with Gasteiger partial charge in [-0.3, -0.25) is 0 Å². The Morgan fingerprint density at radius 1 is 1.05 bits per heavy atom. The first-order valence-electron chi connectivity index (χ1n) is 7.56. The zero-order valence-electron chi connectivity index (χ0n) is 11.9. The summed E-state index contributed by atoms with van der Waals surface area (Å²) in [5, 5.41) is 0.284. The van der Waals surface area contributed by atoms with E-state index >= 15 is 0 Å². The van der Waals surface area contributed by atoms with Crippen molar-refractivity contribution in [2.45, 2.75) is 56.7 Å². The van der Waals surface area contributed by atoms with Crippen molar-refractivity contribution in [2.75, 3.05) is 7.11 Å². The van der Waals surface area contributed by atoms with Gasteiger partial charge < -0.3 is 4.74 Å². The van der Waals surface area contributed by atoms with Gasteiger partial charge in [0, 0.05) is 5.38 Å². The molecule has 0 aliphatic heterocycles. The van der Waals surface area contributed by atoms with Crippen molar-refractivity contribution in [3.05, 3.63) is 29.8 Å². The Morgan fingerprint density at radius 3 is 2.21 bits per heavy atom. The number of hydrogen-bond donors (Lipinski definition) is 0. The Hall–Kier alpha value is -0.690. The van der Waals surface area contributed by atoms with Gasteiger partial charge in [-0.25, -0.2) is 0 Å². The number of hydrogen-bond acceptors (Lipinski definition) is 1. The minimum atomic E-state index is 0.284. The molecule has 1 atom stereocenters. The highest BCUT2D eigenvalue weighted by molar-refractivity contribution is 6.20. The van der Waals surface area contributed by atoms with Crippen LogP contribution in [0.15, 0.2) is 24.3 Å². The molecule has 0 heterocycles. The predicted molar refractivity (Wildman–Crippen MR) is 82.1 cm³/mol. The van der Waals surface area contributed by atoms with E-state index in [0.717, 1.165) is 12.2 Å². The first kappa shape index (κ1) is 14.7. The second-order valence-corrected chi connectivity index (χ2v) is 6.23. The van der Waals surface area contributed by atoms with Gasteiger partial charge in [0.15, 0.2) is 0 Å². The smallest absolute Gasteiger partial charge is 0.118 e. The van der Waals surface area contributed by atoms with Crippen molar-refractivity contribution in [3.63, 3.8) is 0 Å². The maximum absolute atomic E-state index is 6.66. The average Bonchev–Trinajstić information content (AvgIpc) is 2.39. The van der Waals surface area contributed by atoms with Crippen LogP contribution in [0, 0.1) is 5.92 Å². The Kier molecular flexibility index (Phi) is 6.03. The van der Waals surface area contributed by atoms with Crippen LogP contribution in [-0.4, -0.2) is 12.5 Å². The van der Waals surface area contributed by atoms with Crippen LogP contribution in [0.1, 0.15) is 50.5 Å². The largest absolute Gasteiger partial charge is 0.497 e. The van der Waals surface area contributed by atoms with Crippen molar-refractivity contribution in [2.24, 2.45) is 5.92 Å². The summed E-state index contributed by atoms with van der Waals surface area (Å²) >= 11 is 6.66. The van der Waals surface area contributed by atoms with Gasteiger partial charge in [0.2, 0.25) is 0 Å². The number of ether oxygens (including phenoxy) is 1. The van der Waals surface area contributed by atoms with Crippen molar-refractivity contribution in [1.82, 2.24) is 0 Å². The topological polar surface area (TPSA) is 9.23 Å². The Balaban J connectivity index is 1.88. The predicted octanol–water partition coefficient (Wildman–Crippen LogP) is 5.21. The molecule has 0 saturated heterocycles. The molecule has 0 amide bonds. The lowest BCUT2D eigenvalue weighted by Crippen LogP contribution is -2.18. The van der Waals surface area contributed by atoms with E-state index in [1.54, 1.807) is 7.11 Å². The van der Waals surface area contributed by atoms with Gasteiger partial charge in [0.1, 0.15) is 5.75 Å². The normalized spacial score (nSPS) is 19.5. The van der Waals surface area contributed by atoms with E-state index in [0.29, 0.717) is 5.92 Å². The molecule has 106 valence electrons. The van der Waals surface area contributed by atoms with Crippen molar-refractivity contribution < 1.29 is 4.74 Å². The molecule has 1 saturated carbocycles. The molecule has 1 aromatic carbocycles. The highest BCUT2D eigenvalue weighted by Crippen LogP contribution is 2.29. The fraction of sp³-hybridized carbons (Fsp3) is 0.647. The zero-order chi connectivity index (χ0) is 13.5. The Bertz CT molecular complexity index is 352. The van der Waals surface area contributed by atoms with Crippen molar-refractivity contribution in [1.29, 1.82) is 0 Å². The van der Waals surface area contributed by atoms with E-state index in [1.807, 2.05) is 12.1 Å². The third-order valence-electron chi connectivity index (χ3n) is 4.25. The lowest BCUT2D eigenvalue weighted by atomic mass is 9.86. The first-order chi connectivity index (χ1) is 9.29. The standard InChI is InChI=1S/C17H25ClO/c1-19-16-11-9-14(10-12-16)13-17(18)15-7-5-3-2-4-6-8-15/h9-12,15,17H,2-8,13H2,1H3. The summed E-state index contributed by atoms with van der Waals surface area (Å²) in [5.74, 6) is 1.62. The molecular formula is C17H25ClO. The van der Waals surface area contributed by atoms with E-state index in [1.165, 1.54) is 50.5 Å². The Labute approximate surface area is 122 Å². The van der Waals surface area contributed by atoms with Crippen LogP contribution < -0.4 is 4.74 Å². The second kappa shape index (κ2) is 7.79. The van der Waals surface area contributed by atoms with Crippen LogP contribution in [0.4, 0.5) is 0 Å². The zero-order valence-corrected chi connectivity index (χ0v) is 12.7. The SMILES string of the molecule is COc1ccc(CC(Cl)C2CCCCCCC2)cc1. The minimum Gasteiger partial charge on any atom is -0.497 e. The van der Waals surface area contributed by atoms with Crippen LogP contribution >= 0.6 is 11.6 Å². The fourth-order valence-corrected chi connectivity index (χ4v) is 3.43. The van der Waals surface area contributed by atoms with Crippen LogP contribution in [0.2, 0.25) is 0 Å². The van der Waals surface area contributed by atoms with Gasteiger partial charge in [-0.1, -0.05) is 44.2 Å². The molecule has 2 heteroatoms. The second-order valence-electron chi connectivity index (χ2n) is 5.67. The fourth-order valence-electron chi connectivity index (χ4n) is 3.00. The van der Waals surface area contributed by atoms with Crippen LogP contribution in [-0.2, 0) is 6.42 Å². The summed E-state index contributed by atoms with van der Waals surface area (Å²) in [7, 11) is 1.70. The number of benzene rings is 1. The molecule has 1 aliphatic carbocycles. The summed E-state index contributed by atoms with van der Waals surface area (Å²) in [4.78, 5) is 0. The molecule has 1 aliphatic rings. The third-order valence-corrected chi connectivity index (χ3v) is 4.76. The van der Waals surface area contributed by atoms with Crippen LogP contribution in [0.5, 0.6) is 5.75 Å². The molecule has 0 bridgehead atoms. The number of halogens is 1. The number of alkyl halides is 1. The summed E-state index contributed by atoms with van der Waals surface area (Å²) in [6, 6.07) is 8.32. The molecular weight excluding hydrogens is 256 g/mol. The summed E-state index contributed by atoms with van der Waals surface area (Å²) in [5.41, 5.74) is 1.32. The van der Waals surface area contributed by atoms with Crippen LogP contribution in [0.3, 0.4) is 0 Å². The summed E-state index contributed by atoms with van der Waals surface area (Å²) in [6.07, 6.45) is 10.5. The van der Waals surface area contributed by atoms with Crippen LogP contribution in [0.25, 0.3) is 0 Å². The lowest BCUT2D eigenvalue weighted by Gasteiger charge is -2.24. The lowest BCUT2D eigenvalue weighted by molar-refractivity contribution is 0.363. The van der Waals surface area contributed by atoms with Gasteiger partial charge in [0.25, 0.3) is 0 Å². The summed E-state index contributed by atoms with van der Waals surface area (Å²) < 4.78 is 5.19. The van der Waals surface area contributed by atoms with Gasteiger partial charge in [-0.2, -0.15) is 0 Å². The molecule has 0 radical (unpaired) electrons. The molecule has 19 heavy (non-hydrogen) atoms.